The highest BCUT2D eigenvalue weighted by Gasteiger charge is 2.23. The molecule has 0 N–H and O–H groups in total. The molecule has 0 amide bonds. The zero-order chi connectivity index (χ0) is 22.0. The first-order valence-electron chi connectivity index (χ1n) is 12.0. The maximum Gasteiger partial charge on any atom is -0.000741 e. The molecule has 0 aliphatic rings. The van der Waals surface area contributed by atoms with Gasteiger partial charge in [-0.3, -0.25) is 0 Å². The van der Waals surface area contributed by atoms with Gasteiger partial charge in [-0.1, -0.05) is 109 Å². The van der Waals surface area contributed by atoms with E-state index in [-0.39, 0.29) is 0 Å². The van der Waals surface area contributed by atoms with Gasteiger partial charge in [0.25, 0.3) is 0 Å². The van der Waals surface area contributed by atoms with Gasteiger partial charge in [-0.05, 0) is 86.2 Å². The lowest BCUT2D eigenvalue weighted by molar-refractivity contribution is 1.81. The van der Waals surface area contributed by atoms with Crippen molar-refractivity contribution in [1.82, 2.24) is 0 Å². The van der Waals surface area contributed by atoms with Crippen molar-refractivity contribution in [2.75, 3.05) is 0 Å². The fraction of sp³-hybridized carbons (Fsp3) is 0. The van der Waals surface area contributed by atoms with Crippen LogP contribution >= 0.6 is 0 Å². The monoisotopic (exact) mass is 426 g/mol. The van der Waals surface area contributed by atoms with E-state index in [1.54, 1.807) is 0 Å². The molecule has 0 aliphatic heterocycles. The van der Waals surface area contributed by atoms with Crippen molar-refractivity contribution in [2.45, 2.75) is 0 Å². The zero-order valence-electron chi connectivity index (χ0n) is 18.4. The highest BCUT2D eigenvalue weighted by atomic mass is 14.2. The van der Waals surface area contributed by atoms with Crippen LogP contribution in [0.15, 0.2) is 109 Å². The molecule has 0 heteroatoms. The third-order valence-corrected chi connectivity index (χ3v) is 8.11. The van der Waals surface area contributed by atoms with Crippen LogP contribution in [0, 0.1) is 0 Å². The smallest absolute Gasteiger partial charge is 0.000741 e. The molecule has 0 saturated carbocycles. The fourth-order valence-electron chi connectivity index (χ4n) is 6.83. The van der Waals surface area contributed by atoms with Crippen molar-refractivity contribution in [2.24, 2.45) is 0 Å². The Balaban J connectivity index is 1.73. The second kappa shape index (κ2) is 5.73. The van der Waals surface area contributed by atoms with E-state index in [9.17, 15) is 0 Å². The minimum absolute atomic E-state index is 1.31. The maximum absolute atomic E-state index is 2.35. The van der Waals surface area contributed by atoms with Gasteiger partial charge in [0.1, 0.15) is 0 Å². The summed E-state index contributed by atoms with van der Waals surface area (Å²) in [6.07, 6.45) is 0. The normalized spacial score (nSPS) is 12.7. The average Bonchev–Trinajstić information content (AvgIpc) is 3.43. The van der Waals surface area contributed by atoms with Crippen LogP contribution in [0.3, 0.4) is 0 Å². The second-order valence-corrected chi connectivity index (χ2v) is 9.62. The van der Waals surface area contributed by atoms with Crippen molar-refractivity contribution in [1.29, 1.82) is 0 Å². The molecule has 0 nitrogen and oxygen atoms in total. The number of hydrogen-bond acceptors (Lipinski definition) is 0. The summed E-state index contributed by atoms with van der Waals surface area (Å²) in [6.45, 7) is 0. The number of benzene rings is 7. The lowest BCUT2D eigenvalue weighted by atomic mass is 9.94. The van der Waals surface area contributed by atoms with Crippen LogP contribution in [0.1, 0.15) is 0 Å². The summed E-state index contributed by atoms with van der Waals surface area (Å²) < 4.78 is 0. The van der Waals surface area contributed by atoms with Crippen molar-refractivity contribution in [3.8, 4) is 0 Å². The molecule has 0 saturated heterocycles. The van der Waals surface area contributed by atoms with Gasteiger partial charge in [-0.15, -0.1) is 0 Å². The van der Waals surface area contributed by atoms with E-state index in [0.717, 1.165) is 0 Å². The van der Waals surface area contributed by atoms with Gasteiger partial charge in [0, 0.05) is 0 Å². The van der Waals surface area contributed by atoms with Gasteiger partial charge in [-0.25, -0.2) is 0 Å². The Kier molecular flexibility index (Phi) is 2.88. The first-order chi connectivity index (χ1) is 16.9. The Hall–Kier alpha value is -4.42. The van der Waals surface area contributed by atoms with Crippen LogP contribution in [-0.2, 0) is 0 Å². The first-order valence-corrected chi connectivity index (χ1v) is 12.0. The maximum atomic E-state index is 2.35. The Morgan fingerprint density at radius 2 is 0.559 bits per heavy atom. The van der Waals surface area contributed by atoms with E-state index in [0.29, 0.717) is 0 Å². The van der Waals surface area contributed by atoms with Crippen molar-refractivity contribution < 1.29 is 0 Å². The molecule has 0 radical (unpaired) electrons. The highest BCUT2D eigenvalue weighted by molar-refractivity contribution is 6.50. The minimum Gasteiger partial charge on any atom is -0.0616 e. The highest BCUT2D eigenvalue weighted by Crippen LogP contribution is 2.52. The third kappa shape index (κ3) is 1.82. The second-order valence-electron chi connectivity index (χ2n) is 9.62. The Morgan fingerprint density at radius 1 is 0.206 bits per heavy atom. The molecule has 0 fully saturated rings. The first kappa shape index (κ1) is 17.1. The zero-order valence-corrected chi connectivity index (χ0v) is 18.4. The molecule has 0 aliphatic carbocycles. The summed E-state index contributed by atoms with van der Waals surface area (Å²) >= 11 is 0. The fourth-order valence-corrected chi connectivity index (χ4v) is 6.83. The summed E-state index contributed by atoms with van der Waals surface area (Å²) in [5.41, 5.74) is 0. The number of rotatable bonds is 0. The van der Waals surface area contributed by atoms with Crippen LogP contribution in [0.5, 0.6) is 0 Å². The lowest BCUT2D eigenvalue weighted by Gasteiger charge is -2.08. The predicted molar refractivity (Wildman–Crippen MR) is 149 cm³/mol. The number of fused-ring (bicyclic) bond motifs is 12. The summed E-state index contributed by atoms with van der Waals surface area (Å²) in [5, 5.41) is 22.0. The van der Waals surface area contributed by atoms with Crippen LogP contribution in [0.2, 0.25) is 0 Å². The molecule has 0 unspecified atom stereocenters. The summed E-state index contributed by atoms with van der Waals surface area (Å²) in [4.78, 5) is 0. The summed E-state index contributed by atoms with van der Waals surface area (Å²) in [6, 6.07) is 40.7. The minimum atomic E-state index is 1.31. The van der Waals surface area contributed by atoms with Gasteiger partial charge in [-0.2, -0.15) is 0 Å². The molecule has 0 spiro atoms. The van der Waals surface area contributed by atoms with E-state index >= 15 is 0 Å². The molecular weight excluding hydrogens is 408 g/mol. The average molecular weight is 427 g/mol. The summed E-state index contributed by atoms with van der Waals surface area (Å²) in [7, 11) is 0. The topological polar surface area (TPSA) is 0 Å². The molecule has 34 heavy (non-hydrogen) atoms. The molecule has 0 aromatic heterocycles. The molecule has 154 valence electrons. The third-order valence-electron chi connectivity index (χ3n) is 8.11. The summed E-state index contributed by atoms with van der Waals surface area (Å²) in [5.74, 6) is 0. The van der Waals surface area contributed by atoms with Crippen LogP contribution in [0.4, 0.5) is 0 Å². The van der Waals surface area contributed by atoms with Crippen LogP contribution < -0.4 is 0 Å². The molecular formula is C34H18. The lowest BCUT2D eigenvalue weighted by Crippen LogP contribution is -1.80. The van der Waals surface area contributed by atoms with E-state index in [2.05, 4.69) is 109 Å². The molecule has 9 rings (SSSR count). The number of hydrogen-bond donors (Lipinski definition) is 0. The largest absolute Gasteiger partial charge is 0.0616 e. The van der Waals surface area contributed by atoms with Crippen LogP contribution in [-0.4, -0.2) is 0 Å². The van der Waals surface area contributed by atoms with Crippen molar-refractivity contribution in [3.05, 3.63) is 109 Å². The standard InChI is InChI=1S/C34H18/c1-3-9-21-19(7-1)15-17-25-23-11-5-14-28-31(23)33(29(21)25)27-13-6-12-24-26-18-16-20-8-2-4-10-22(20)30(26)34(28)32(24)27/h1-18H. The van der Waals surface area contributed by atoms with Gasteiger partial charge >= 0.3 is 0 Å². The van der Waals surface area contributed by atoms with E-state index in [1.807, 2.05) is 0 Å². The Morgan fingerprint density at radius 3 is 1.06 bits per heavy atom. The van der Waals surface area contributed by atoms with Gasteiger partial charge < -0.3 is 0 Å². The SMILES string of the molecule is c1ccc2c(c1)ccc1c3cccc4c3c(c3cccc5c6ccc7ccccc7c6c4c53)c21. The van der Waals surface area contributed by atoms with Crippen molar-refractivity contribution in [3.63, 3.8) is 0 Å². The van der Waals surface area contributed by atoms with Crippen LogP contribution in [0.25, 0.3) is 86.2 Å². The van der Waals surface area contributed by atoms with Crippen molar-refractivity contribution >= 4 is 86.2 Å². The van der Waals surface area contributed by atoms with Gasteiger partial charge in [0.05, 0.1) is 0 Å². The quantitative estimate of drug-likeness (QED) is 0.212. The van der Waals surface area contributed by atoms with Gasteiger partial charge in [0.15, 0.2) is 0 Å². The van der Waals surface area contributed by atoms with E-state index in [1.165, 1.54) is 86.2 Å². The molecule has 0 bridgehead atoms. The molecule has 0 heterocycles. The Bertz CT molecular complexity index is 2100. The molecule has 9 aromatic rings. The van der Waals surface area contributed by atoms with Gasteiger partial charge in [0.2, 0.25) is 0 Å². The predicted octanol–water partition coefficient (Wildman–Crippen LogP) is 9.79. The van der Waals surface area contributed by atoms with E-state index < -0.39 is 0 Å². The molecule has 0 atom stereocenters. The molecule has 9 aromatic carbocycles. The van der Waals surface area contributed by atoms with E-state index in [4.69, 9.17) is 0 Å². The Labute approximate surface area is 195 Å².